The first-order valence-electron chi connectivity index (χ1n) is 11.6. The van der Waals surface area contributed by atoms with Gasteiger partial charge in [-0.1, -0.05) is 44.2 Å². The van der Waals surface area contributed by atoms with E-state index in [9.17, 15) is 4.79 Å². The van der Waals surface area contributed by atoms with E-state index in [-0.39, 0.29) is 11.8 Å². The summed E-state index contributed by atoms with van der Waals surface area (Å²) in [7, 11) is 1.66. The van der Waals surface area contributed by atoms with Gasteiger partial charge in [0.15, 0.2) is 0 Å². The summed E-state index contributed by atoms with van der Waals surface area (Å²) < 4.78 is 7.66. The van der Waals surface area contributed by atoms with Gasteiger partial charge in [0.2, 0.25) is 5.91 Å². The summed E-state index contributed by atoms with van der Waals surface area (Å²) in [5.41, 5.74) is 3.17. The molecule has 3 aromatic rings. The number of carbonyl (C=O) groups is 1. The van der Waals surface area contributed by atoms with Gasteiger partial charge in [-0.25, -0.2) is 4.98 Å². The van der Waals surface area contributed by atoms with Crippen molar-refractivity contribution in [3.05, 3.63) is 54.4 Å². The summed E-state index contributed by atoms with van der Waals surface area (Å²) in [6.07, 6.45) is 8.56. The van der Waals surface area contributed by atoms with E-state index in [0.29, 0.717) is 13.0 Å². The van der Waals surface area contributed by atoms with Crippen molar-refractivity contribution in [3.63, 3.8) is 0 Å². The Morgan fingerprint density at radius 3 is 2.58 bits per heavy atom. The van der Waals surface area contributed by atoms with E-state index in [4.69, 9.17) is 9.72 Å². The molecular weight excluding hydrogens is 386 g/mol. The molecule has 0 unspecified atom stereocenters. The first-order chi connectivity index (χ1) is 15.2. The monoisotopic (exact) mass is 417 g/mol. The number of hydrogen-bond acceptors (Lipinski definition) is 3. The zero-order chi connectivity index (χ0) is 21.2. The molecule has 1 atom stereocenters. The highest BCUT2D eigenvalue weighted by atomic mass is 16.5. The zero-order valence-corrected chi connectivity index (χ0v) is 18.3. The molecule has 162 valence electrons. The van der Waals surface area contributed by atoms with Crippen molar-refractivity contribution in [1.82, 2.24) is 9.55 Å². The van der Waals surface area contributed by atoms with Crippen molar-refractivity contribution < 1.29 is 9.53 Å². The fraction of sp³-hybridized carbons (Fsp3) is 0.462. The van der Waals surface area contributed by atoms with Crippen molar-refractivity contribution in [2.45, 2.75) is 57.4 Å². The highest BCUT2D eigenvalue weighted by molar-refractivity contribution is 5.96. The van der Waals surface area contributed by atoms with Crippen LogP contribution in [0.15, 0.2) is 48.5 Å². The van der Waals surface area contributed by atoms with E-state index in [1.54, 1.807) is 7.11 Å². The van der Waals surface area contributed by atoms with Gasteiger partial charge in [0.1, 0.15) is 11.6 Å². The largest absolute Gasteiger partial charge is 0.497 e. The summed E-state index contributed by atoms with van der Waals surface area (Å²) >= 11 is 0. The standard InChI is InChI=1S/C26H31N3O2/c1-31-22-13-11-21(12-14-22)29-18-20(17-25(29)30)26-27-23-9-5-6-10-24(23)28(26)16-15-19-7-3-2-4-8-19/h5-6,9-14,19-20H,2-4,7-8,15-18H2,1H3/t20-/m1/s1. The van der Waals surface area contributed by atoms with Crippen LogP contribution in [0.2, 0.25) is 0 Å². The number of para-hydroxylation sites is 2. The third kappa shape index (κ3) is 4.06. The number of benzene rings is 2. The number of carbonyl (C=O) groups excluding carboxylic acids is 1. The van der Waals surface area contributed by atoms with Crippen LogP contribution in [0, 0.1) is 5.92 Å². The molecule has 0 bridgehead atoms. The molecule has 5 nitrogen and oxygen atoms in total. The quantitative estimate of drug-likeness (QED) is 0.529. The molecule has 31 heavy (non-hydrogen) atoms. The predicted molar refractivity (Wildman–Crippen MR) is 124 cm³/mol. The Morgan fingerprint density at radius 2 is 1.81 bits per heavy atom. The van der Waals surface area contributed by atoms with Gasteiger partial charge >= 0.3 is 0 Å². The molecule has 2 fully saturated rings. The highest BCUT2D eigenvalue weighted by Crippen LogP contribution is 2.35. The summed E-state index contributed by atoms with van der Waals surface area (Å²) in [6, 6.07) is 16.2. The third-order valence-electron chi connectivity index (χ3n) is 7.04. The summed E-state index contributed by atoms with van der Waals surface area (Å²) in [6.45, 7) is 1.67. The van der Waals surface area contributed by atoms with Crippen LogP contribution in [0.5, 0.6) is 5.75 Å². The molecule has 2 aromatic carbocycles. The normalized spacial score (nSPS) is 20.0. The van der Waals surface area contributed by atoms with E-state index in [2.05, 4.69) is 22.8 Å². The number of aryl methyl sites for hydroxylation is 1. The van der Waals surface area contributed by atoms with E-state index in [0.717, 1.165) is 35.2 Å². The van der Waals surface area contributed by atoms with Gasteiger partial charge in [-0.05, 0) is 48.7 Å². The number of aromatic nitrogens is 2. The van der Waals surface area contributed by atoms with Crippen molar-refractivity contribution in [2.24, 2.45) is 5.92 Å². The minimum Gasteiger partial charge on any atom is -0.497 e. The number of nitrogens with zero attached hydrogens (tertiary/aromatic N) is 3. The van der Waals surface area contributed by atoms with Gasteiger partial charge in [-0.3, -0.25) is 4.79 Å². The fourth-order valence-electron chi connectivity index (χ4n) is 5.32. The number of imidazole rings is 1. The molecule has 1 aliphatic heterocycles. The minimum atomic E-state index is 0.119. The summed E-state index contributed by atoms with van der Waals surface area (Å²) in [5.74, 6) is 2.98. The number of rotatable bonds is 6. The Labute approximate surface area is 184 Å². The third-order valence-corrected chi connectivity index (χ3v) is 7.04. The fourth-order valence-corrected chi connectivity index (χ4v) is 5.32. The van der Waals surface area contributed by atoms with Crippen molar-refractivity contribution in [3.8, 4) is 5.75 Å². The molecule has 1 amide bonds. The van der Waals surface area contributed by atoms with Crippen LogP contribution >= 0.6 is 0 Å². The molecule has 1 aliphatic carbocycles. The Bertz CT molecular complexity index is 1050. The lowest BCUT2D eigenvalue weighted by Crippen LogP contribution is -2.24. The second-order valence-electron chi connectivity index (χ2n) is 9.01. The molecule has 0 radical (unpaired) electrons. The molecule has 0 spiro atoms. The SMILES string of the molecule is COc1ccc(N2C[C@H](c3nc4ccccc4n3CCC3CCCCC3)CC2=O)cc1. The van der Waals surface area contributed by atoms with Gasteiger partial charge in [0.25, 0.3) is 0 Å². The number of ether oxygens (including phenoxy) is 1. The van der Waals surface area contributed by atoms with Gasteiger partial charge in [-0.2, -0.15) is 0 Å². The average molecular weight is 418 g/mol. The number of amides is 1. The van der Waals surface area contributed by atoms with Crippen LogP contribution < -0.4 is 9.64 Å². The first kappa shape index (κ1) is 20.1. The molecule has 1 saturated carbocycles. The molecule has 2 aliphatic rings. The van der Waals surface area contributed by atoms with Gasteiger partial charge < -0.3 is 14.2 Å². The molecular formula is C26H31N3O2. The number of methoxy groups -OCH3 is 1. The van der Waals surface area contributed by atoms with Crippen LogP contribution in [-0.2, 0) is 11.3 Å². The maximum Gasteiger partial charge on any atom is 0.227 e. The topological polar surface area (TPSA) is 47.4 Å². The van der Waals surface area contributed by atoms with Crippen LogP contribution in [-0.4, -0.2) is 29.1 Å². The van der Waals surface area contributed by atoms with Crippen molar-refractivity contribution >= 4 is 22.6 Å². The summed E-state index contributed by atoms with van der Waals surface area (Å²) in [5, 5.41) is 0. The average Bonchev–Trinajstić information content (AvgIpc) is 3.39. The lowest BCUT2D eigenvalue weighted by Gasteiger charge is -2.23. The smallest absolute Gasteiger partial charge is 0.227 e. The Balaban J connectivity index is 1.40. The van der Waals surface area contributed by atoms with E-state index in [1.165, 1.54) is 44.0 Å². The molecule has 1 saturated heterocycles. The predicted octanol–water partition coefficient (Wildman–Crippen LogP) is 5.54. The number of fused-ring (bicyclic) bond motifs is 1. The van der Waals surface area contributed by atoms with Crippen LogP contribution in [0.25, 0.3) is 11.0 Å². The van der Waals surface area contributed by atoms with Gasteiger partial charge in [0.05, 0.1) is 18.1 Å². The number of anilines is 1. The highest BCUT2D eigenvalue weighted by Gasteiger charge is 2.35. The van der Waals surface area contributed by atoms with Gasteiger partial charge in [0, 0.05) is 31.1 Å². The van der Waals surface area contributed by atoms with Crippen LogP contribution in [0.1, 0.15) is 56.7 Å². The Kier molecular flexibility index (Phi) is 5.66. The van der Waals surface area contributed by atoms with E-state index in [1.807, 2.05) is 35.2 Å². The minimum absolute atomic E-state index is 0.119. The molecule has 0 N–H and O–H groups in total. The Morgan fingerprint density at radius 1 is 1.03 bits per heavy atom. The maximum atomic E-state index is 12.9. The van der Waals surface area contributed by atoms with Crippen LogP contribution in [0.3, 0.4) is 0 Å². The molecule has 5 heteroatoms. The zero-order valence-electron chi connectivity index (χ0n) is 18.3. The van der Waals surface area contributed by atoms with Gasteiger partial charge in [-0.15, -0.1) is 0 Å². The molecule has 2 heterocycles. The van der Waals surface area contributed by atoms with Crippen LogP contribution in [0.4, 0.5) is 5.69 Å². The lowest BCUT2D eigenvalue weighted by molar-refractivity contribution is -0.117. The summed E-state index contributed by atoms with van der Waals surface area (Å²) in [4.78, 5) is 19.8. The lowest BCUT2D eigenvalue weighted by atomic mass is 9.87. The number of hydrogen-bond donors (Lipinski definition) is 0. The Hall–Kier alpha value is -2.82. The molecule has 1 aromatic heterocycles. The first-order valence-corrected chi connectivity index (χ1v) is 11.6. The second kappa shape index (κ2) is 8.74. The second-order valence-corrected chi connectivity index (χ2v) is 9.01. The van der Waals surface area contributed by atoms with E-state index >= 15 is 0 Å². The molecule has 5 rings (SSSR count). The van der Waals surface area contributed by atoms with Crippen molar-refractivity contribution in [1.29, 1.82) is 0 Å². The van der Waals surface area contributed by atoms with E-state index < -0.39 is 0 Å². The maximum absolute atomic E-state index is 12.9. The van der Waals surface area contributed by atoms with Crippen molar-refractivity contribution in [2.75, 3.05) is 18.6 Å².